The largest absolute Gasteiger partial charge is 0.380 e. The number of likely N-dealkylation sites (tertiary alicyclic amines) is 1. The summed E-state index contributed by atoms with van der Waals surface area (Å²) < 4.78 is 5.69. The van der Waals surface area contributed by atoms with Crippen molar-refractivity contribution >= 4 is 0 Å². The van der Waals surface area contributed by atoms with Crippen LogP contribution in [0, 0.1) is 11.8 Å². The zero-order valence-corrected chi connectivity index (χ0v) is 13.7. The zero-order chi connectivity index (χ0) is 14.6. The van der Waals surface area contributed by atoms with Crippen molar-refractivity contribution in [2.24, 2.45) is 17.6 Å². The Kier molecular flexibility index (Phi) is 5.88. The number of methoxy groups -OCH3 is 1. The molecule has 3 nitrogen and oxygen atoms in total. The van der Waals surface area contributed by atoms with Gasteiger partial charge in [-0.2, -0.15) is 0 Å². The van der Waals surface area contributed by atoms with Crippen molar-refractivity contribution < 1.29 is 4.74 Å². The van der Waals surface area contributed by atoms with Crippen molar-refractivity contribution in [3.05, 3.63) is 0 Å². The summed E-state index contributed by atoms with van der Waals surface area (Å²) in [5.74, 6) is 1.63. The van der Waals surface area contributed by atoms with Gasteiger partial charge in [-0.25, -0.2) is 0 Å². The van der Waals surface area contributed by atoms with Gasteiger partial charge in [0, 0.05) is 25.7 Å². The molecule has 0 radical (unpaired) electrons. The molecule has 1 saturated heterocycles. The Balaban J connectivity index is 1.98. The molecule has 0 amide bonds. The predicted molar refractivity (Wildman–Crippen MR) is 84.8 cm³/mol. The van der Waals surface area contributed by atoms with Crippen molar-refractivity contribution in [1.82, 2.24) is 4.90 Å². The minimum absolute atomic E-state index is 0.265. The fourth-order valence-electron chi connectivity index (χ4n) is 4.33. The summed E-state index contributed by atoms with van der Waals surface area (Å²) in [5, 5.41) is 0. The van der Waals surface area contributed by atoms with Crippen LogP contribution in [0.5, 0.6) is 0 Å². The van der Waals surface area contributed by atoms with Crippen molar-refractivity contribution in [2.75, 3.05) is 26.7 Å². The highest BCUT2D eigenvalue weighted by molar-refractivity contribution is 4.98. The van der Waals surface area contributed by atoms with Gasteiger partial charge in [0.25, 0.3) is 0 Å². The molecular weight excluding hydrogens is 248 g/mol. The number of rotatable bonds is 5. The predicted octanol–water partition coefficient (Wildman–Crippen LogP) is 3.03. The Hall–Kier alpha value is -0.120. The fraction of sp³-hybridized carbons (Fsp3) is 1.00. The third-order valence-electron chi connectivity index (χ3n) is 5.98. The lowest BCUT2D eigenvalue weighted by Gasteiger charge is -2.51. The highest BCUT2D eigenvalue weighted by atomic mass is 16.5. The van der Waals surface area contributed by atoms with Gasteiger partial charge < -0.3 is 10.5 Å². The van der Waals surface area contributed by atoms with Crippen LogP contribution in [-0.2, 0) is 4.74 Å². The lowest BCUT2D eigenvalue weighted by atomic mass is 9.73. The molecule has 1 heterocycles. The van der Waals surface area contributed by atoms with E-state index in [0.717, 1.165) is 19.0 Å². The first-order chi connectivity index (χ1) is 9.65. The van der Waals surface area contributed by atoms with Crippen LogP contribution in [0.4, 0.5) is 0 Å². The van der Waals surface area contributed by atoms with Crippen molar-refractivity contribution in [3.8, 4) is 0 Å². The number of hydrogen-bond acceptors (Lipinski definition) is 3. The molecule has 1 aliphatic carbocycles. The third kappa shape index (κ3) is 3.37. The molecule has 118 valence electrons. The average molecular weight is 282 g/mol. The van der Waals surface area contributed by atoms with E-state index < -0.39 is 0 Å². The number of piperidine rings is 1. The van der Waals surface area contributed by atoms with E-state index in [-0.39, 0.29) is 5.54 Å². The molecular formula is C17H34N2O. The summed E-state index contributed by atoms with van der Waals surface area (Å²) in [6.07, 6.45) is 9.69. The fourth-order valence-corrected chi connectivity index (χ4v) is 4.33. The molecule has 1 saturated carbocycles. The molecule has 20 heavy (non-hydrogen) atoms. The molecule has 2 N–H and O–H groups in total. The molecule has 2 rings (SSSR count). The first-order valence-corrected chi connectivity index (χ1v) is 8.63. The van der Waals surface area contributed by atoms with E-state index in [0.29, 0.717) is 12.0 Å². The number of hydrogen-bond donors (Lipinski definition) is 1. The van der Waals surface area contributed by atoms with Crippen molar-refractivity contribution in [2.45, 2.75) is 70.4 Å². The van der Waals surface area contributed by atoms with Crippen molar-refractivity contribution in [1.29, 1.82) is 0 Å². The Bertz CT molecular complexity index is 287. The zero-order valence-electron chi connectivity index (χ0n) is 13.7. The summed E-state index contributed by atoms with van der Waals surface area (Å²) >= 11 is 0. The maximum absolute atomic E-state index is 6.23. The van der Waals surface area contributed by atoms with Gasteiger partial charge in [0.1, 0.15) is 0 Å². The molecule has 3 heteroatoms. The number of nitrogens with two attached hydrogens (primary N) is 1. The van der Waals surface area contributed by atoms with Gasteiger partial charge >= 0.3 is 0 Å². The monoisotopic (exact) mass is 282 g/mol. The lowest BCUT2D eigenvalue weighted by Crippen LogP contribution is -2.60. The summed E-state index contributed by atoms with van der Waals surface area (Å²) in [4.78, 5) is 2.67. The Morgan fingerprint density at radius 1 is 1.25 bits per heavy atom. The standard InChI is InChI=1S/C17H34N2O/c1-4-5-15-6-9-17(13-18,10-7-15)19-11-8-14(2)16(12-19)20-3/h14-16H,4-13,18H2,1-3H3. The van der Waals surface area contributed by atoms with Crippen LogP contribution in [-0.4, -0.2) is 43.3 Å². The Morgan fingerprint density at radius 2 is 1.95 bits per heavy atom. The van der Waals surface area contributed by atoms with Crippen LogP contribution in [0.1, 0.15) is 58.8 Å². The first kappa shape index (κ1) is 16.3. The average Bonchev–Trinajstić information content (AvgIpc) is 2.49. The molecule has 2 unspecified atom stereocenters. The summed E-state index contributed by atoms with van der Waals surface area (Å²) in [7, 11) is 1.86. The van der Waals surface area contributed by atoms with Crippen LogP contribution in [0.25, 0.3) is 0 Å². The summed E-state index contributed by atoms with van der Waals surface area (Å²) in [5.41, 5.74) is 6.49. The van der Waals surface area contributed by atoms with E-state index in [1.807, 2.05) is 7.11 Å². The molecule has 2 atom stereocenters. The molecule has 2 fully saturated rings. The second-order valence-corrected chi connectivity index (χ2v) is 7.15. The maximum Gasteiger partial charge on any atom is 0.0724 e. The number of nitrogens with zero attached hydrogens (tertiary/aromatic N) is 1. The van der Waals surface area contributed by atoms with Gasteiger partial charge in [-0.15, -0.1) is 0 Å². The van der Waals surface area contributed by atoms with Crippen molar-refractivity contribution in [3.63, 3.8) is 0 Å². The highest BCUT2D eigenvalue weighted by Gasteiger charge is 2.42. The van der Waals surface area contributed by atoms with Crippen LogP contribution >= 0.6 is 0 Å². The molecule has 0 aromatic heterocycles. The van der Waals surface area contributed by atoms with Crippen LogP contribution in [0.15, 0.2) is 0 Å². The summed E-state index contributed by atoms with van der Waals surface area (Å²) in [6, 6.07) is 0. The van der Waals surface area contributed by atoms with Gasteiger partial charge in [0.2, 0.25) is 0 Å². The van der Waals surface area contributed by atoms with Gasteiger partial charge in [-0.1, -0.05) is 26.7 Å². The van der Waals surface area contributed by atoms with Gasteiger partial charge in [-0.05, 0) is 50.5 Å². The minimum atomic E-state index is 0.265. The molecule has 2 aliphatic rings. The van der Waals surface area contributed by atoms with Crippen LogP contribution in [0.2, 0.25) is 0 Å². The highest BCUT2D eigenvalue weighted by Crippen LogP contribution is 2.39. The van der Waals surface area contributed by atoms with Gasteiger partial charge in [0.15, 0.2) is 0 Å². The van der Waals surface area contributed by atoms with Gasteiger partial charge in [-0.3, -0.25) is 4.90 Å². The molecule has 1 aliphatic heterocycles. The van der Waals surface area contributed by atoms with E-state index in [1.165, 1.54) is 51.5 Å². The van der Waals surface area contributed by atoms with E-state index in [4.69, 9.17) is 10.5 Å². The summed E-state index contributed by atoms with van der Waals surface area (Å²) in [6.45, 7) is 7.72. The van der Waals surface area contributed by atoms with E-state index >= 15 is 0 Å². The molecule has 0 aromatic carbocycles. The van der Waals surface area contributed by atoms with E-state index in [9.17, 15) is 0 Å². The first-order valence-electron chi connectivity index (χ1n) is 8.63. The Labute approximate surface area is 125 Å². The maximum atomic E-state index is 6.23. The van der Waals surface area contributed by atoms with Crippen LogP contribution < -0.4 is 5.73 Å². The third-order valence-corrected chi connectivity index (χ3v) is 5.98. The topological polar surface area (TPSA) is 38.5 Å². The molecule has 0 aromatic rings. The Morgan fingerprint density at radius 3 is 2.50 bits per heavy atom. The number of ether oxygens (including phenoxy) is 1. The lowest BCUT2D eigenvalue weighted by molar-refractivity contribution is -0.0587. The second-order valence-electron chi connectivity index (χ2n) is 7.15. The van der Waals surface area contributed by atoms with E-state index in [1.54, 1.807) is 0 Å². The molecule has 0 spiro atoms. The van der Waals surface area contributed by atoms with Gasteiger partial charge in [0.05, 0.1) is 6.10 Å². The van der Waals surface area contributed by atoms with E-state index in [2.05, 4.69) is 18.7 Å². The second kappa shape index (κ2) is 7.24. The SMILES string of the molecule is CCCC1CCC(CN)(N2CCC(C)C(OC)C2)CC1. The normalized spacial score (nSPS) is 39.9. The quantitative estimate of drug-likeness (QED) is 0.842. The van der Waals surface area contributed by atoms with Crippen LogP contribution in [0.3, 0.4) is 0 Å². The smallest absolute Gasteiger partial charge is 0.0724 e. The molecule has 0 bridgehead atoms. The minimum Gasteiger partial charge on any atom is -0.380 e.